The molecule has 1 saturated carbocycles. The van der Waals surface area contributed by atoms with Crippen LogP contribution in [0.1, 0.15) is 18.4 Å². The van der Waals surface area contributed by atoms with Crippen molar-refractivity contribution in [2.45, 2.75) is 25.8 Å². The smallest absolute Gasteiger partial charge is 0.238 e. The molecular formula is C15H21ClN2O3. The molecule has 5 nitrogen and oxygen atoms in total. The van der Waals surface area contributed by atoms with Crippen molar-refractivity contribution in [3.63, 3.8) is 0 Å². The van der Waals surface area contributed by atoms with E-state index in [1.54, 1.807) is 19.2 Å². The Hall–Kier alpha value is -1.30. The van der Waals surface area contributed by atoms with Gasteiger partial charge in [0.15, 0.2) is 0 Å². The van der Waals surface area contributed by atoms with Crippen molar-refractivity contribution >= 4 is 23.2 Å². The summed E-state index contributed by atoms with van der Waals surface area (Å²) in [7, 11) is 1.54. The maximum Gasteiger partial charge on any atom is 0.238 e. The second-order valence-electron chi connectivity index (χ2n) is 5.28. The molecule has 6 heteroatoms. The SMILES string of the molecule is COc1cc(Cl)c(C)cc1NC(=O)CN(CCO)C1CC1. The van der Waals surface area contributed by atoms with Crippen LogP contribution in [-0.2, 0) is 4.79 Å². The number of aryl methyl sites for hydroxylation is 1. The summed E-state index contributed by atoms with van der Waals surface area (Å²) >= 11 is 6.05. The number of nitrogens with zero attached hydrogens (tertiary/aromatic N) is 1. The van der Waals surface area contributed by atoms with Gasteiger partial charge in [0.1, 0.15) is 5.75 Å². The summed E-state index contributed by atoms with van der Waals surface area (Å²) in [6.45, 7) is 2.73. The van der Waals surface area contributed by atoms with Crippen LogP contribution < -0.4 is 10.1 Å². The molecule has 1 fully saturated rings. The van der Waals surface area contributed by atoms with E-state index < -0.39 is 0 Å². The first-order valence-electron chi connectivity index (χ1n) is 7.04. The second kappa shape index (κ2) is 7.11. The molecule has 116 valence electrons. The van der Waals surface area contributed by atoms with Crippen LogP contribution in [0.15, 0.2) is 12.1 Å². The summed E-state index contributed by atoms with van der Waals surface area (Å²) in [6.07, 6.45) is 2.19. The zero-order valence-electron chi connectivity index (χ0n) is 12.4. The summed E-state index contributed by atoms with van der Waals surface area (Å²) < 4.78 is 5.24. The van der Waals surface area contributed by atoms with Gasteiger partial charge in [0, 0.05) is 23.7 Å². The van der Waals surface area contributed by atoms with Crippen molar-refractivity contribution in [2.24, 2.45) is 0 Å². The summed E-state index contributed by atoms with van der Waals surface area (Å²) in [5.74, 6) is 0.425. The number of methoxy groups -OCH3 is 1. The summed E-state index contributed by atoms with van der Waals surface area (Å²) in [4.78, 5) is 14.2. The highest BCUT2D eigenvalue weighted by molar-refractivity contribution is 6.31. The fraction of sp³-hybridized carbons (Fsp3) is 0.533. The Kier molecular flexibility index (Phi) is 5.45. The summed E-state index contributed by atoms with van der Waals surface area (Å²) in [6, 6.07) is 3.92. The molecule has 0 atom stereocenters. The average molecular weight is 313 g/mol. The molecular weight excluding hydrogens is 292 g/mol. The minimum absolute atomic E-state index is 0.0627. The first-order chi connectivity index (χ1) is 10.0. The third-order valence-corrected chi connectivity index (χ3v) is 3.96. The molecule has 1 amide bonds. The number of carbonyl (C=O) groups excluding carboxylic acids is 1. The van der Waals surface area contributed by atoms with Crippen molar-refractivity contribution < 1.29 is 14.6 Å². The topological polar surface area (TPSA) is 61.8 Å². The van der Waals surface area contributed by atoms with Gasteiger partial charge in [0.05, 0.1) is 25.9 Å². The molecule has 0 saturated heterocycles. The summed E-state index contributed by atoms with van der Waals surface area (Å²) in [5, 5.41) is 12.5. The Morgan fingerprint density at radius 2 is 2.24 bits per heavy atom. The number of halogens is 1. The van der Waals surface area contributed by atoms with E-state index in [4.69, 9.17) is 21.4 Å². The van der Waals surface area contributed by atoms with Gasteiger partial charge in [-0.25, -0.2) is 0 Å². The number of carbonyl (C=O) groups is 1. The van der Waals surface area contributed by atoms with Crippen molar-refractivity contribution in [2.75, 3.05) is 32.1 Å². The molecule has 1 aromatic rings. The van der Waals surface area contributed by atoms with E-state index in [2.05, 4.69) is 5.32 Å². The second-order valence-corrected chi connectivity index (χ2v) is 5.68. The van der Waals surface area contributed by atoms with Gasteiger partial charge in [0.25, 0.3) is 0 Å². The van der Waals surface area contributed by atoms with E-state index in [1.807, 2.05) is 11.8 Å². The van der Waals surface area contributed by atoms with E-state index in [1.165, 1.54) is 0 Å². The number of amides is 1. The van der Waals surface area contributed by atoms with Gasteiger partial charge < -0.3 is 15.2 Å². The highest BCUT2D eigenvalue weighted by Gasteiger charge is 2.29. The highest BCUT2D eigenvalue weighted by Crippen LogP contribution is 2.31. The Balaban J connectivity index is 2.03. The number of aliphatic hydroxyl groups excluding tert-OH is 1. The van der Waals surface area contributed by atoms with Crippen LogP contribution in [-0.4, -0.2) is 48.8 Å². The van der Waals surface area contributed by atoms with Crippen molar-refractivity contribution in [1.29, 1.82) is 0 Å². The first-order valence-corrected chi connectivity index (χ1v) is 7.42. The fourth-order valence-corrected chi connectivity index (χ4v) is 2.42. The van der Waals surface area contributed by atoms with Gasteiger partial charge >= 0.3 is 0 Å². The molecule has 1 aromatic carbocycles. The molecule has 2 N–H and O–H groups in total. The minimum Gasteiger partial charge on any atom is -0.495 e. The van der Waals surface area contributed by atoms with Crippen molar-refractivity contribution in [3.05, 3.63) is 22.7 Å². The molecule has 0 unspecified atom stereocenters. The quantitative estimate of drug-likeness (QED) is 0.809. The summed E-state index contributed by atoms with van der Waals surface area (Å²) in [5.41, 5.74) is 1.49. The Bertz CT molecular complexity index is 518. The third-order valence-electron chi connectivity index (χ3n) is 3.55. The molecule has 21 heavy (non-hydrogen) atoms. The number of benzene rings is 1. The Morgan fingerprint density at radius 3 is 2.81 bits per heavy atom. The van der Waals surface area contributed by atoms with E-state index in [0.29, 0.717) is 29.0 Å². The van der Waals surface area contributed by atoms with Gasteiger partial charge in [-0.2, -0.15) is 0 Å². The lowest BCUT2D eigenvalue weighted by Gasteiger charge is -2.20. The lowest BCUT2D eigenvalue weighted by atomic mass is 10.2. The standard InChI is InChI=1S/C15H21ClN2O3/c1-10-7-13(14(21-2)8-12(10)16)17-15(20)9-18(5-6-19)11-3-4-11/h7-8,11,19H,3-6,9H2,1-2H3,(H,17,20). The minimum atomic E-state index is -0.115. The molecule has 0 bridgehead atoms. The van der Waals surface area contributed by atoms with Crippen LogP contribution in [0.2, 0.25) is 5.02 Å². The largest absolute Gasteiger partial charge is 0.495 e. The predicted octanol–water partition coefficient (Wildman–Crippen LogP) is 2.05. The number of ether oxygens (including phenoxy) is 1. The van der Waals surface area contributed by atoms with E-state index >= 15 is 0 Å². The van der Waals surface area contributed by atoms with Gasteiger partial charge in [-0.15, -0.1) is 0 Å². The molecule has 2 rings (SSSR count). The molecule has 0 radical (unpaired) electrons. The number of anilines is 1. The Labute approximate surface area is 129 Å². The van der Waals surface area contributed by atoms with E-state index in [0.717, 1.165) is 18.4 Å². The van der Waals surface area contributed by atoms with E-state index in [9.17, 15) is 4.79 Å². The van der Waals surface area contributed by atoms with Crippen LogP contribution in [0.3, 0.4) is 0 Å². The normalized spacial score (nSPS) is 14.3. The monoisotopic (exact) mass is 312 g/mol. The molecule has 0 aliphatic heterocycles. The number of hydrogen-bond donors (Lipinski definition) is 2. The number of hydrogen-bond acceptors (Lipinski definition) is 4. The Morgan fingerprint density at radius 1 is 1.52 bits per heavy atom. The molecule has 0 aromatic heterocycles. The van der Waals surface area contributed by atoms with Gasteiger partial charge in [-0.05, 0) is 31.4 Å². The fourth-order valence-electron chi connectivity index (χ4n) is 2.26. The third kappa shape index (κ3) is 4.33. The van der Waals surface area contributed by atoms with Crippen LogP contribution in [0.5, 0.6) is 5.75 Å². The highest BCUT2D eigenvalue weighted by atomic mass is 35.5. The molecule has 0 heterocycles. The lowest BCUT2D eigenvalue weighted by Crippen LogP contribution is -2.36. The van der Waals surface area contributed by atoms with Crippen molar-refractivity contribution in [3.8, 4) is 5.75 Å². The molecule has 0 spiro atoms. The predicted molar refractivity (Wildman–Crippen MR) is 83.1 cm³/mol. The zero-order valence-corrected chi connectivity index (χ0v) is 13.1. The number of rotatable bonds is 7. The van der Waals surface area contributed by atoms with Crippen LogP contribution in [0.4, 0.5) is 5.69 Å². The zero-order chi connectivity index (χ0) is 15.4. The maximum atomic E-state index is 12.2. The van der Waals surface area contributed by atoms with Gasteiger partial charge in [-0.1, -0.05) is 11.6 Å². The molecule has 1 aliphatic carbocycles. The first kappa shape index (κ1) is 16.1. The van der Waals surface area contributed by atoms with Crippen molar-refractivity contribution in [1.82, 2.24) is 4.90 Å². The van der Waals surface area contributed by atoms with Crippen LogP contribution in [0, 0.1) is 6.92 Å². The number of aliphatic hydroxyl groups is 1. The number of nitrogens with one attached hydrogen (secondary N) is 1. The lowest BCUT2D eigenvalue weighted by molar-refractivity contribution is -0.117. The average Bonchev–Trinajstić information content (AvgIpc) is 3.26. The van der Waals surface area contributed by atoms with Crippen LogP contribution >= 0.6 is 11.6 Å². The maximum absolute atomic E-state index is 12.2. The van der Waals surface area contributed by atoms with Gasteiger partial charge in [0.2, 0.25) is 5.91 Å². The van der Waals surface area contributed by atoms with Gasteiger partial charge in [-0.3, -0.25) is 9.69 Å². The molecule has 1 aliphatic rings. The van der Waals surface area contributed by atoms with E-state index in [-0.39, 0.29) is 19.1 Å². The van der Waals surface area contributed by atoms with Crippen LogP contribution in [0.25, 0.3) is 0 Å².